The number of amides is 3. The van der Waals surface area contributed by atoms with Crippen LogP contribution in [0.4, 0.5) is 14.4 Å². The number of hydrogen-bond donors (Lipinski definition) is 5. The van der Waals surface area contributed by atoms with Gasteiger partial charge in [0.1, 0.15) is 28.9 Å². The Kier molecular flexibility index (Phi) is 26.0. The van der Waals surface area contributed by atoms with E-state index in [-0.39, 0.29) is 18.6 Å². The van der Waals surface area contributed by atoms with Crippen molar-refractivity contribution >= 4 is 36.0 Å². The number of nitrogens with one attached hydrogen (secondary N) is 4. The maximum Gasteiger partial charge on any atom is 0.408 e. The number of tetrazole rings is 3. The molecule has 3 aromatic heterocycles. The maximum absolute atomic E-state index is 12.3. The summed E-state index contributed by atoms with van der Waals surface area (Å²) in [5.41, 5.74) is 6.81. The van der Waals surface area contributed by atoms with E-state index in [1.54, 1.807) is 84.0 Å². The second kappa shape index (κ2) is 36.0. The molecule has 0 unspecified atom stereocenters. The normalized spacial score (nSPS) is 12.4. The van der Waals surface area contributed by atoms with Crippen LogP contribution in [-0.2, 0) is 63.7 Å². The molecule has 3 heterocycles. The third kappa shape index (κ3) is 21.1. The van der Waals surface area contributed by atoms with Gasteiger partial charge in [-0.3, -0.25) is 4.79 Å². The van der Waals surface area contributed by atoms with Crippen LogP contribution in [0.5, 0.6) is 0 Å². The zero-order valence-electron chi connectivity index (χ0n) is 63.6. The second-order valence-corrected chi connectivity index (χ2v) is 28.9. The molecule has 3 atom stereocenters. The Bertz CT molecular complexity index is 4550. The minimum absolute atomic E-state index is 0.0775. The number of aromatic nitrogens is 12. The molecule has 0 aliphatic carbocycles. The monoisotopic (exact) mass is 1500 g/mol. The molecule has 0 bridgehead atoms. The van der Waals surface area contributed by atoms with Crippen molar-refractivity contribution in [1.29, 1.82) is 0 Å². The van der Waals surface area contributed by atoms with Crippen LogP contribution < -0.4 is 16.0 Å². The van der Waals surface area contributed by atoms with Gasteiger partial charge in [0.05, 0.1) is 13.2 Å². The van der Waals surface area contributed by atoms with Crippen LogP contribution in [0, 0.1) is 0 Å². The molecule has 111 heavy (non-hydrogen) atoms. The lowest BCUT2D eigenvalue weighted by Crippen LogP contribution is -2.45. The zero-order chi connectivity index (χ0) is 79.4. The molecule has 26 nitrogen and oxygen atoms in total. The van der Waals surface area contributed by atoms with E-state index in [1.165, 1.54) is 14.0 Å². The van der Waals surface area contributed by atoms with Gasteiger partial charge in [0.2, 0.25) is 17.5 Å². The van der Waals surface area contributed by atoms with Crippen molar-refractivity contribution in [3.8, 4) is 34.2 Å². The number of benzene rings is 9. The Balaban J connectivity index is 0.000000184. The van der Waals surface area contributed by atoms with Gasteiger partial charge in [-0.1, -0.05) is 255 Å². The molecule has 26 heteroatoms. The van der Waals surface area contributed by atoms with Crippen molar-refractivity contribution in [2.24, 2.45) is 0 Å². The number of hydrogen-bond acceptors (Lipinski definition) is 19. The highest BCUT2D eigenvalue weighted by molar-refractivity contribution is 5.86. The summed E-state index contributed by atoms with van der Waals surface area (Å²) in [5.74, 6) is -0.498. The molecule has 3 amide bonds. The summed E-state index contributed by atoms with van der Waals surface area (Å²) in [7, 11) is 1.27. The van der Waals surface area contributed by atoms with E-state index < -0.39 is 76.2 Å². The highest BCUT2D eigenvalue weighted by Gasteiger charge is 2.43. The number of H-pyrrole nitrogens is 1. The van der Waals surface area contributed by atoms with Gasteiger partial charge < -0.3 is 40.0 Å². The third-order valence-corrected chi connectivity index (χ3v) is 17.2. The largest absolute Gasteiger partial charge is 0.480 e. The van der Waals surface area contributed by atoms with Crippen LogP contribution in [-0.4, -0.2) is 144 Å². The van der Waals surface area contributed by atoms with E-state index in [2.05, 4.69) is 130 Å². The average molecular weight is 1500 g/mol. The van der Waals surface area contributed by atoms with Gasteiger partial charge in [-0.25, -0.2) is 24.0 Å². The molecule has 0 fully saturated rings. The second-order valence-electron chi connectivity index (χ2n) is 28.9. The summed E-state index contributed by atoms with van der Waals surface area (Å²) in [6.45, 7) is 17.2. The van der Waals surface area contributed by atoms with Crippen molar-refractivity contribution in [1.82, 2.24) is 77.0 Å². The number of Topliss-reactive ketones (excluding diaryl/α,β-unsaturated/α-hetero) is 1. The molecular weight excluding hydrogens is 1410 g/mol. The number of nitrogens with zero attached hydrogens (tertiary/aromatic N) is 11. The van der Waals surface area contributed by atoms with Crippen LogP contribution >= 0.6 is 0 Å². The summed E-state index contributed by atoms with van der Waals surface area (Å²) in [6.07, 6.45) is -1.41. The molecule has 12 aromatic rings. The van der Waals surface area contributed by atoms with Crippen LogP contribution in [0.3, 0.4) is 0 Å². The fourth-order valence-corrected chi connectivity index (χ4v) is 12.3. The molecule has 0 saturated heterocycles. The smallest absolute Gasteiger partial charge is 0.408 e. The van der Waals surface area contributed by atoms with E-state index in [9.17, 15) is 33.9 Å². The van der Waals surface area contributed by atoms with Crippen molar-refractivity contribution in [2.45, 2.75) is 135 Å². The van der Waals surface area contributed by atoms with Crippen molar-refractivity contribution in [3.63, 3.8) is 0 Å². The van der Waals surface area contributed by atoms with Crippen LogP contribution in [0.15, 0.2) is 255 Å². The lowest BCUT2D eigenvalue weighted by molar-refractivity contribution is -0.143. The van der Waals surface area contributed by atoms with Crippen molar-refractivity contribution < 1.29 is 52.8 Å². The number of aliphatic carboxylic acids is 1. The highest BCUT2D eigenvalue weighted by Crippen LogP contribution is 2.42. The highest BCUT2D eigenvalue weighted by atomic mass is 16.6. The quantitative estimate of drug-likeness (QED) is 0.0226. The number of aromatic amines is 1. The van der Waals surface area contributed by atoms with E-state index >= 15 is 0 Å². The standard InChI is InChI=1S/C35H35N5O3.C34H33N5O4.C16H21N5O4/c1-25(41)31(36-33(42)43-34(2,3)4)24-26-20-22-27(23-21-26)32-37-39-40(38-32)35(28-14-8-5-9-15-28,29-16-10-6-11-17-29)30-18-12-7-13-19-30;1-33(2,3)43-32(42)35-29(31(40)41)23-24-19-21-25(22-20-24)30-36-38-39(37-30)34(26-13-7-4-8-14-26,27-15-9-5-10-16-27)28-17-11-6-12-18-28;1-16(2,3)25-15(23)17-12(14(22)24-4)9-10-5-7-11(8-6-10)13-18-20-21-19-13/h5-23,31H,24H2,1-4H3,(H,36,42);4-22,29H,23H2,1-3H3,(H,35,42)(H,40,41);5-8,12H,9H2,1-4H3,(H,17,23)(H,18,19,20,21)/t31-;29-;12-/m000/s1. The van der Waals surface area contributed by atoms with E-state index in [4.69, 9.17) is 29.1 Å². The molecular formula is C85H89N15O11. The molecule has 0 aliphatic heterocycles. The lowest BCUT2D eigenvalue weighted by atomic mass is 9.77. The zero-order valence-corrected chi connectivity index (χ0v) is 63.6. The molecule has 0 aliphatic rings. The number of carbonyl (C=O) groups is 6. The number of carboxylic acids is 1. The predicted octanol–water partition coefficient (Wildman–Crippen LogP) is 13.4. The van der Waals surface area contributed by atoms with E-state index in [1.807, 2.05) is 170 Å². The summed E-state index contributed by atoms with van der Waals surface area (Å²) in [4.78, 5) is 75.8. The molecule has 0 radical (unpaired) electrons. The molecule has 0 spiro atoms. The Hall–Kier alpha value is -13.4. The summed E-state index contributed by atoms with van der Waals surface area (Å²) in [5, 5.41) is 59.0. The number of alkyl carbamates (subject to hydrolysis) is 3. The fraction of sp³-hybridized carbons (Fsp3) is 0.259. The molecule has 570 valence electrons. The van der Waals surface area contributed by atoms with Gasteiger partial charge in [0.15, 0.2) is 16.9 Å². The summed E-state index contributed by atoms with van der Waals surface area (Å²) >= 11 is 0. The first-order valence-corrected chi connectivity index (χ1v) is 35.9. The molecule has 0 saturated carbocycles. The van der Waals surface area contributed by atoms with E-state index in [0.29, 0.717) is 35.0 Å². The Morgan fingerprint density at radius 2 is 0.667 bits per heavy atom. The number of methoxy groups -OCH3 is 1. The van der Waals surface area contributed by atoms with Crippen LogP contribution in [0.25, 0.3) is 34.2 Å². The first-order chi connectivity index (χ1) is 53.1. The third-order valence-electron chi connectivity index (χ3n) is 17.2. The van der Waals surface area contributed by atoms with Gasteiger partial charge in [-0.15, -0.1) is 40.2 Å². The number of rotatable bonds is 23. The fourth-order valence-electron chi connectivity index (χ4n) is 12.3. The minimum Gasteiger partial charge on any atom is -0.480 e. The first kappa shape index (κ1) is 80.2. The summed E-state index contributed by atoms with van der Waals surface area (Å²) in [6, 6.07) is 80.1. The van der Waals surface area contributed by atoms with Gasteiger partial charge in [-0.05, 0) is 141 Å². The first-order valence-electron chi connectivity index (χ1n) is 35.9. The van der Waals surface area contributed by atoms with Crippen molar-refractivity contribution in [3.05, 3.63) is 305 Å². The predicted molar refractivity (Wildman–Crippen MR) is 416 cm³/mol. The number of ether oxygens (including phenoxy) is 4. The van der Waals surface area contributed by atoms with Gasteiger partial charge in [0, 0.05) is 29.5 Å². The maximum atomic E-state index is 12.3. The molecule has 12 rings (SSSR count). The lowest BCUT2D eigenvalue weighted by Gasteiger charge is -2.34. The number of carbonyl (C=O) groups excluding carboxylic acids is 5. The molecule has 5 N–H and O–H groups in total. The topological polar surface area (TPSA) is 337 Å². The van der Waals surface area contributed by atoms with Crippen LogP contribution in [0.1, 0.15) is 119 Å². The SMILES string of the molecule is CC(=O)[C@H](Cc1ccc(-c2nnn(C(c3ccccc3)(c3ccccc3)c3ccccc3)n2)cc1)NC(=O)OC(C)(C)C.CC(C)(C)OC(=O)N[C@@H](Cc1ccc(-c2nnn(C(c3ccccc3)(c3ccccc3)c3ccccc3)n2)cc1)C(=O)O.COC(=O)[C@H](Cc1ccc(-c2nn[nH]n2)cc1)NC(=O)OC(C)(C)C. The van der Waals surface area contributed by atoms with Gasteiger partial charge in [0.25, 0.3) is 0 Å². The Morgan fingerprint density at radius 1 is 0.387 bits per heavy atom. The number of ketones is 1. The van der Waals surface area contributed by atoms with E-state index in [0.717, 1.165) is 55.6 Å². The van der Waals surface area contributed by atoms with Crippen molar-refractivity contribution in [2.75, 3.05) is 7.11 Å². The Morgan fingerprint density at radius 3 is 0.937 bits per heavy atom. The van der Waals surface area contributed by atoms with Gasteiger partial charge in [-0.2, -0.15) is 5.21 Å². The Labute approximate surface area is 643 Å². The summed E-state index contributed by atoms with van der Waals surface area (Å²) < 4.78 is 20.5. The molecule has 9 aromatic carbocycles. The number of esters is 1. The number of carboxylic acid groups (broad SMARTS) is 1. The van der Waals surface area contributed by atoms with Crippen LogP contribution in [0.2, 0.25) is 0 Å². The average Bonchev–Trinajstić information content (AvgIpc) is 1.73. The minimum atomic E-state index is -1.15. The van der Waals surface area contributed by atoms with Gasteiger partial charge >= 0.3 is 30.2 Å².